The molecule has 0 bridgehead atoms. The summed E-state index contributed by atoms with van der Waals surface area (Å²) in [5, 5.41) is 11.3. The standard InChI is InChI=1S/C11H13Cl2N3O3/c1-11(2,5-9(18)19)4-8(17)15-7-3-6(12)14-10(13)16-7/h3H,4-5H2,1-2H3,(H,18,19)(H,14,15,16,17). The molecule has 0 radical (unpaired) electrons. The molecule has 0 aliphatic carbocycles. The number of carbonyl (C=O) groups excluding carboxylic acids is 1. The quantitative estimate of drug-likeness (QED) is 0.644. The lowest BCUT2D eigenvalue weighted by Gasteiger charge is -2.21. The third-order valence-corrected chi connectivity index (χ3v) is 2.57. The molecule has 0 fully saturated rings. The van der Waals surface area contributed by atoms with Crippen molar-refractivity contribution in [2.75, 3.05) is 5.32 Å². The lowest BCUT2D eigenvalue weighted by Crippen LogP contribution is -2.25. The van der Waals surface area contributed by atoms with E-state index in [1.807, 2.05) is 0 Å². The predicted molar refractivity (Wildman–Crippen MR) is 71.3 cm³/mol. The average Bonchev–Trinajstić information content (AvgIpc) is 2.10. The number of rotatable bonds is 5. The number of carboxylic acids is 1. The molecule has 0 atom stereocenters. The van der Waals surface area contributed by atoms with E-state index in [9.17, 15) is 9.59 Å². The summed E-state index contributed by atoms with van der Waals surface area (Å²) in [6, 6.07) is 1.36. The van der Waals surface area contributed by atoms with Gasteiger partial charge in [-0.15, -0.1) is 0 Å². The van der Waals surface area contributed by atoms with E-state index >= 15 is 0 Å². The van der Waals surface area contributed by atoms with Crippen molar-refractivity contribution in [3.8, 4) is 0 Å². The smallest absolute Gasteiger partial charge is 0.303 e. The van der Waals surface area contributed by atoms with Crippen molar-refractivity contribution in [1.82, 2.24) is 9.97 Å². The summed E-state index contributed by atoms with van der Waals surface area (Å²) in [7, 11) is 0. The third-order valence-electron chi connectivity index (χ3n) is 2.20. The number of anilines is 1. The SMILES string of the molecule is CC(C)(CC(=O)O)CC(=O)Nc1cc(Cl)nc(Cl)n1. The van der Waals surface area contributed by atoms with Crippen LogP contribution in [0.25, 0.3) is 0 Å². The highest BCUT2D eigenvalue weighted by Gasteiger charge is 2.25. The molecule has 1 rings (SSSR count). The number of carboxylic acid groups (broad SMARTS) is 1. The molecule has 104 valence electrons. The Bertz CT molecular complexity index is 486. The van der Waals surface area contributed by atoms with Crippen LogP contribution in [-0.2, 0) is 9.59 Å². The van der Waals surface area contributed by atoms with E-state index in [2.05, 4.69) is 15.3 Å². The van der Waals surface area contributed by atoms with Crippen LogP contribution in [-0.4, -0.2) is 27.0 Å². The number of carbonyl (C=O) groups is 2. The van der Waals surface area contributed by atoms with Crippen LogP contribution in [0.15, 0.2) is 6.07 Å². The van der Waals surface area contributed by atoms with Crippen LogP contribution >= 0.6 is 23.2 Å². The highest BCUT2D eigenvalue weighted by atomic mass is 35.5. The highest BCUT2D eigenvalue weighted by molar-refractivity contribution is 6.32. The first-order valence-corrected chi connectivity index (χ1v) is 6.15. The maximum absolute atomic E-state index is 11.8. The molecule has 1 aromatic rings. The first kappa shape index (κ1) is 15.7. The molecule has 8 heteroatoms. The number of nitrogens with one attached hydrogen (secondary N) is 1. The van der Waals surface area contributed by atoms with E-state index in [1.165, 1.54) is 6.07 Å². The van der Waals surface area contributed by atoms with E-state index in [0.29, 0.717) is 0 Å². The van der Waals surface area contributed by atoms with Crippen molar-refractivity contribution < 1.29 is 14.7 Å². The van der Waals surface area contributed by atoms with Crippen molar-refractivity contribution >= 4 is 40.9 Å². The maximum Gasteiger partial charge on any atom is 0.303 e. The van der Waals surface area contributed by atoms with Crippen molar-refractivity contribution in [2.45, 2.75) is 26.7 Å². The first-order valence-electron chi connectivity index (χ1n) is 5.40. The van der Waals surface area contributed by atoms with Crippen LogP contribution in [0.2, 0.25) is 10.4 Å². The van der Waals surface area contributed by atoms with Gasteiger partial charge in [-0.3, -0.25) is 9.59 Å². The Morgan fingerprint density at radius 1 is 1.32 bits per heavy atom. The minimum absolute atomic E-state index is 0.0402. The lowest BCUT2D eigenvalue weighted by molar-refractivity contribution is -0.139. The fourth-order valence-electron chi connectivity index (χ4n) is 1.55. The summed E-state index contributed by atoms with van der Waals surface area (Å²) in [5.74, 6) is -1.14. The molecule has 0 unspecified atom stereocenters. The van der Waals surface area contributed by atoms with Gasteiger partial charge in [-0.1, -0.05) is 25.4 Å². The summed E-state index contributed by atoms with van der Waals surface area (Å²) in [5.41, 5.74) is -0.656. The summed E-state index contributed by atoms with van der Waals surface area (Å²) in [6.45, 7) is 3.39. The van der Waals surface area contributed by atoms with E-state index in [1.54, 1.807) is 13.8 Å². The van der Waals surface area contributed by atoms with E-state index in [4.69, 9.17) is 28.3 Å². The Kier molecular flexibility index (Phi) is 5.08. The zero-order chi connectivity index (χ0) is 14.6. The van der Waals surface area contributed by atoms with Gasteiger partial charge in [-0.05, 0) is 17.0 Å². The number of hydrogen-bond donors (Lipinski definition) is 2. The second-order valence-corrected chi connectivity index (χ2v) is 5.53. The molecule has 1 aromatic heterocycles. The molecule has 0 saturated heterocycles. The Morgan fingerprint density at radius 3 is 2.47 bits per heavy atom. The van der Waals surface area contributed by atoms with Crippen molar-refractivity contribution in [3.63, 3.8) is 0 Å². The van der Waals surface area contributed by atoms with Gasteiger partial charge in [0, 0.05) is 12.5 Å². The number of aromatic nitrogens is 2. The number of halogens is 2. The summed E-state index contributed by atoms with van der Waals surface area (Å²) in [6.07, 6.45) is -0.0652. The fraction of sp³-hybridized carbons (Fsp3) is 0.455. The minimum atomic E-state index is -0.953. The molecule has 1 amide bonds. The monoisotopic (exact) mass is 305 g/mol. The van der Waals surface area contributed by atoms with Gasteiger partial charge in [-0.25, -0.2) is 9.97 Å². The van der Waals surface area contributed by atoms with Crippen LogP contribution in [0.1, 0.15) is 26.7 Å². The maximum atomic E-state index is 11.8. The van der Waals surface area contributed by atoms with Crippen molar-refractivity contribution in [1.29, 1.82) is 0 Å². The van der Waals surface area contributed by atoms with Gasteiger partial charge in [0.1, 0.15) is 11.0 Å². The van der Waals surface area contributed by atoms with Crippen LogP contribution in [0.5, 0.6) is 0 Å². The van der Waals surface area contributed by atoms with Crippen molar-refractivity contribution in [3.05, 3.63) is 16.5 Å². The topological polar surface area (TPSA) is 92.2 Å². The van der Waals surface area contributed by atoms with E-state index < -0.39 is 11.4 Å². The Labute approximate surface area is 120 Å². The third kappa shape index (κ3) is 5.85. The lowest BCUT2D eigenvalue weighted by atomic mass is 9.85. The molecule has 0 aliphatic rings. The highest BCUT2D eigenvalue weighted by Crippen LogP contribution is 2.25. The second-order valence-electron chi connectivity index (χ2n) is 4.80. The summed E-state index contributed by atoms with van der Waals surface area (Å²) >= 11 is 11.3. The number of aliphatic carboxylic acids is 1. The molecular weight excluding hydrogens is 293 g/mol. The van der Waals surface area contributed by atoms with Crippen LogP contribution in [0.3, 0.4) is 0 Å². The zero-order valence-electron chi connectivity index (χ0n) is 10.4. The normalized spacial score (nSPS) is 11.2. The van der Waals surface area contributed by atoms with Gasteiger partial charge in [0.2, 0.25) is 11.2 Å². The van der Waals surface area contributed by atoms with Gasteiger partial charge >= 0.3 is 5.97 Å². The molecule has 0 spiro atoms. The zero-order valence-corrected chi connectivity index (χ0v) is 11.9. The first-order chi connectivity index (χ1) is 8.68. The van der Waals surface area contributed by atoms with Crippen molar-refractivity contribution in [2.24, 2.45) is 5.41 Å². The van der Waals surface area contributed by atoms with Crippen LogP contribution in [0.4, 0.5) is 5.82 Å². The van der Waals surface area contributed by atoms with Gasteiger partial charge in [0.15, 0.2) is 0 Å². The molecule has 2 N–H and O–H groups in total. The van der Waals surface area contributed by atoms with E-state index in [0.717, 1.165) is 0 Å². The molecule has 6 nitrogen and oxygen atoms in total. The molecule has 19 heavy (non-hydrogen) atoms. The molecule has 1 heterocycles. The summed E-state index contributed by atoms with van der Waals surface area (Å²) in [4.78, 5) is 29.9. The number of amides is 1. The average molecular weight is 306 g/mol. The Morgan fingerprint density at radius 2 is 1.95 bits per heavy atom. The largest absolute Gasteiger partial charge is 0.481 e. The summed E-state index contributed by atoms with van der Waals surface area (Å²) < 4.78 is 0. The van der Waals surface area contributed by atoms with Crippen LogP contribution in [0, 0.1) is 5.41 Å². The minimum Gasteiger partial charge on any atom is -0.481 e. The molecule has 0 aromatic carbocycles. The Balaban J connectivity index is 2.67. The predicted octanol–water partition coefficient (Wildman–Crippen LogP) is 2.61. The molecule has 0 aliphatic heterocycles. The number of hydrogen-bond acceptors (Lipinski definition) is 4. The van der Waals surface area contributed by atoms with Gasteiger partial charge < -0.3 is 10.4 Å². The Hall–Kier alpha value is -1.40. The molecular formula is C11H13Cl2N3O3. The van der Waals surface area contributed by atoms with Crippen LogP contribution < -0.4 is 5.32 Å². The van der Waals surface area contributed by atoms with Gasteiger partial charge in [0.25, 0.3) is 0 Å². The number of nitrogens with zero attached hydrogens (tertiary/aromatic N) is 2. The second kappa shape index (κ2) is 6.16. The van der Waals surface area contributed by atoms with Gasteiger partial charge in [-0.2, -0.15) is 0 Å². The fourth-order valence-corrected chi connectivity index (χ4v) is 1.96. The van der Waals surface area contributed by atoms with Gasteiger partial charge in [0.05, 0.1) is 6.42 Å². The molecule has 0 saturated carbocycles. The van der Waals surface area contributed by atoms with E-state index in [-0.39, 0.29) is 35.0 Å².